The number of halogens is 1. The van der Waals surface area contributed by atoms with Crippen LogP contribution in [0.2, 0.25) is 5.02 Å². The summed E-state index contributed by atoms with van der Waals surface area (Å²) in [6, 6.07) is 14.6. The predicted octanol–water partition coefficient (Wildman–Crippen LogP) is 4.08. The summed E-state index contributed by atoms with van der Waals surface area (Å²) in [6.07, 6.45) is 7.00. The number of hydrogen-bond acceptors (Lipinski definition) is 7. The van der Waals surface area contributed by atoms with E-state index in [-0.39, 0.29) is 43.8 Å². The zero-order valence-electron chi connectivity index (χ0n) is 26.5. The molecule has 0 unspecified atom stereocenters. The van der Waals surface area contributed by atoms with Gasteiger partial charge in [0.15, 0.2) is 0 Å². The molecule has 0 radical (unpaired) electrons. The SMILES string of the molecule is C[C@H]1[C@H](c2ccccc2)OC(=O)[C@@H]2[C@H](/C=C\CCC(=O)N1C)O[C@@]13C=CCN(c4ccc(Cl)cc4)C(=O)[C@@H]1N(CCCCO)C(=O)[C@@H]23. The Balaban J connectivity index is 1.43. The van der Waals surface area contributed by atoms with Gasteiger partial charge in [-0.25, -0.2) is 0 Å². The van der Waals surface area contributed by atoms with Crippen molar-refractivity contribution in [1.82, 2.24) is 9.80 Å². The quantitative estimate of drug-likeness (QED) is 0.282. The van der Waals surface area contributed by atoms with Crippen molar-refractivity contribution in [1.29, 1.82) is 0 Å². The monoisotopic (exact) mass is 661 g/mol. The van der Waals surface area contributed by atoms with Crippen LogP contribution in [0.4, 0.5) is 5.69 Å². The standard InChI is InChI=1S/C36H40ClN3O7/c1-23-31(24-11-4-3-5-12-24)46-35(45)29-27(13-6-7-14-28(42)38(23)2)47-36-19-10-21-39(26-17-15-25(37)16-18-26)34(44)32(36)40(20-8-9-22-41)33(43)30(29)36/h3-6,10-13,15-19,23,27,29-32,41H,7-9,14,20-22H2,1-2H3/b13-6-/t23-,27-,29+,30+,31+,32-,36+/m0/s1. The van der Waals surface area contributed by atoms with E-state index in [4.69, 9.17) is 21.1 Å². The van der Waals surface area contributed by atoms with E-state index in [0.29, 0.717) is 30.0 Å². The average Bonchev–Trinajstić information content (AvgIpc) is 3.45. The van der Waals surface area contributed by atoms with Gasteiger partial charge in [-0.15, -0.1) is 0 Å². The van der Waals surface area contributed by atoms with E-state index in [1.165, 1.54) is 4.90 Å². The third kappa shape index (κ3) is 5.98. The van der Waals surface area contributed by atoms with E-state index in [9.17, 15) is 24.3 Å². The van der Waals surface area contributed by atoms with Gasteiger partial charge in [-0.2, -0.15) is 0 Å². The van der Waals surface area contributed by atoms with E-state index < -0.39 is 47.7 Å². The number of allylic oxidation sites excluding steroid dienone is 1. The number of carbonyl (C=O) groups is 4. The fraction of sp³-hybridized carbons (Fsp3) is 0.444. The Morgan fingerprint density at radius 1 is 0.979 bits per heavy atom. The van der Waals surface area contributed by atoms with E-state index >= 15 is 0 Å². The van der Waals surface area contributed by atoms with Crippen molar-refractivity contribution in [2.75, 3.05) is 31.6 Å². The third-order valence-corrected chi connectivity index (χ3v) is 10.1. The molecule has 2 saturated heterocycles. The molecule has 1 N–H and O–H groups in total. The number of cyclic esters (lactones) is 1. The number of likely N-dealkylation sites (tertiary alicyclic amines) is 1. The molecule has 7 atom stereocenters. The number of benzene rings is 2. The van der Waals surface area contributed by atoms with E-state index in [0.717, 1.165) is 5.56 Å². The summed E-state index contributed by atoms with van der Waals surface area (Å²) in [4.78, 5) is 61.4. The maximum Gasteiger partial charge on any atom is 0.313 e. The number of unbranched alkanes of at least 4 members (excludes halogenated alkanes) is 1. The van der Waals surface area contributed by atoms with Crippen LogP contribution in [-0.4, -0.2) is 89.1 Å². The summed E-state index contributed by atoms with van der Waals surface area (Å²) in [5, 5.41) is 10.0. The number of aliphatic hydroxyl groups is 1. The van der Waals surface area contributed by atoms with Gasteiger partial charge >= 0.3 is 5.97 Å². The minimum Gasteiger partial charge on any atom is -0.455 e. The highest BCUT2D eigenvalue weighted by atomic mass is 35.5. The van der Waals surface area contributed by atoms with Crippen LogP contribution in [0.1, 0.15) is 44.3 Å². The zero-order valence-corrected chi connectivity index (χ0v) is 27.3. The van der Waals surface area contributed by atoms with E-state index in [2.05, 4.69) is 0 Å². The molecule has 3 amide bonds. The Morgan fingerprint density at radius 3 is 2.45 bits per heavy atom. The highest BCUT2D eigenvalue weighted by Crippen LogP contribution is 2.53. The first kappa shape index (κ1) is 32.9. The number of nitrogens with zero attached hydrogens (tertiary/aromatic N) is 3. The summed E-state index contributed by atoms with van der Waals surface area (Å²) in [5.74, 6) is -3.52. The van der Waals surface area contributed by atoms with Gasteiger partial charge in [-0.05, 0) is 56.0 Å². The molecule has 0 aromatic heterocycles. The average molecular weight is 662 g/mol. The largest absolute Gasteiger partial charge is 0.455 e. The zero-order chi connectivity index (χ0) is 33.3. The number of amides is 3. The van der Waals surface area contributed by atoms with Crippen LogP contribution in [0.15, 0.2) is 78.9 Å². The van der Waals surface area contributed by atoms with Crippen molar-refractivity contribution in [3.05, 3.63) is 89.5 Å². The molecule has 6 rings (SSSR count). The molecular formula is C36H40ClN3O7. The number of ether oxygens (including phenoxy) is 2. The Hall–Kier alpha value is -3.99. The first-order valence-corrected chi connectivity index (χ1v) is 16.6. The van der Waals surface area contributed by atoms with Crippen LogP contribution in [0, 0.1) is 11.8 Å². The van der Waals surface area contributed by atoms with Gasteiger partial charge in [0.05, 0.1) is 18.1 Å². The molecule has 47 heavy (non-hydrogen) atoms. The van der Waals surface area contributed by atoms with Gasteiger partial charge in [0.2, 0.25) is 11.8 Å². The van der Waals surface area contributed by atoms with Crippen molar-refractivity contribution in [3.8, 4) is 0 Å². The summed E-state index contributed by atoms with van der Waals surface area (Å²) in [7, 11) is 1.70. The number of anilines is 1. The fourth-order valence-electron chi connectivity index (χ4n) is 7.37. The summed E-state index contributed by atoms with van der Waals surface area (Å²) in [5.41, 5.74) is -0.117. The molecule has 2 fully saturated rings. The van der Waals surface area contributed by atoms with E-state index in [1.54, 1.807) is 59.3 Å². The molecule has 4 aliphatic rings. The molecule has 4 aliphatic heterocycles. The summed E-state index contributed by atoms with van der Waals surface area (Å²) in [6.45, 7) is 2.22. The molecule has 4 heterocycles. The van der Waals surface area contributed by atoms with Crippen LogP contribution in [0.25, 0.3) is 0 Å². The lowest BCUT2D eigenvalue weighted by Gasteiger charge is -2.35. The Labute approximate surface area is 279 Å². The minimum absolute atomic E-state index is 0.0552. The highest BCUT2D eigenvalue weighted by molar-refractivity contribution is 6.30. The van der Waals surface area contributed by atoms with E-state index in [1.807, 2.05) is 43.3 Å². The number of likely N-dealkylation sites (N-methyl/N-ethyl adjacent to an activating group) is 1. The minimum atomic E-state index is -1.45. The molecule has 1 spiro atoms. The molecular weight excluding hydrogens is 622 g/mol. The second-order valence-corrected chi connectivity index (χ2v) is 13.0. The van der Waals surface area contributed by atoms with Crippen molar-refractivity contribution in [3.63, 3.8) is 0 Å². The first-order valence-electron chi connectivity index (χ1n) is 16.2. The number of carbonyl (C=O) groups excluding carboxylic acids is 4. The van der Waals surface area contributed by atoms with Crippen molar-refractivity contribution < 1.29 is 33.8 Å². The maximum absolute atomic E-state index is 14.6. The molecule has 0 aliphatic carbocycles. The lowest BCUT2D eigenvalue weighted by Crippen LogP contribution is -2.55. The lowest BCUT2D eigenvalue weighted by atomic mass is 9.77. The van der Waals surface area contributed by atoms with Gasteiger partial charge in [0.1, 0.15) is 23.7 Å². The molecule has 0 bridgehead atoms. The predicted molar refractivity (Wildman–Crippen MR) is 175 cm³/mol. The lowest BCUT2D eigenvalue weighted by molar-refractivity contribution is -0.164. The Kier molecular flexibility index (Phi) is 9.55. The topological polar surface area (TPSA) is 117 Å². The Bertz CT molecular complexity index is 1560. The second-order valence-electron chi connectivity index (χ2n) is 12.6. The normalized spacial score (nSPS) is 31.8. The van der Waals surface area contributed by atoms with Gasteiger partial charge in [0.25, 0.3) is 5.91 Å². The van der Waals surface area contributed by atoms with Crippen molar-refractivity contribution >= 4 is 41.0 Å². The number of hydrogen-bond donors (Lipinski definition) is 1. The van der Waals surface area contributed by atoms with Gasteiger partial charge in [0, 0.05) is 43.9 Å². The number of aliphatic hydroxyl groups excluding tert-OH is 1. The van der Waals surface area contributed by atoms with Gasteiger partial charge in [-0.3, -0.25) is 19.2 Å². The molecule has 0 saturated carbocycles. The molecule has 248 valence electrons. The highest BCUT2D eigenvalue weighted by Gasteiger charge is 2.71. The molecule has 2 aromatic carbocycles. The van der Waals surface area contributed by atoms with Gasteiger partial charge in [-0.1, -0.05) is 66.2 Å². The molecule has 2 aromatic rings. The summed E-state index contributed by atoms with van der Waals surface area (Å²) >= 11 is 6.14. The van der Waals surface area contributed by atoms with Crippen LogP contribution in [0.3, 0.4) is 0 Å². The number of esters is 1. The van der Waals surface area contributed by atoms with Crippen LogP contribution >= 0.6 is 11.6 Å². The fourth-order valence-corrected chi connectivity index (χ4v) is 7.50. The Morgan fingerprint density at radius 2 is 1.72 bits per heavy atom. The van der Waals surface area contributed by atoms with Crippen LogP contribution in [0.5, 0.6) is 0 Å². The van der Waals surface area contributed by atoms with Crippen LogP contribution in [-0.2, 0) is 28.7 Å². The van der Waals surface area contributed by atoms with Crippen LogP contribution < -0.4 is 4.90 Å². The summed E-state index contributed by atoms with van der Waals surface area (Å²) < 4.78 is 13.1. The molecule has 10 nitrogen and oxygen atoms in total. The number of rotatable bonds is 6. The van der Waals surface area contributed by atoms with Crippen molar-refractivity contribution in [2.24, 2.45) is 11.8 Å². The van der Waals surface area contributed by atoms with Gasteiger partial charge < -0.3 is 29.3 Å². The van der Waals surface area contributed by atoms with Crippen molar-refractivity contribution in [2.45, 2.75) is 62.5 Å². The maximum atomic E-state index is 14.6. The molecule has 11 heteroatoms. The third-order valence-electron chi connectivity index (χ3n) is 9.88. The second kappa shape index (κ2) is 13.6. The smallest absolute Gasteiger partial charge is 0.313 e. The number of fused-ring (bicyclic) bond motifs is 2. The first-order chi connectivity index (χ1) is 22.7.